The van der Waals surface area contributed by atoms with E-state index in [0.29, 0.717) is 27.9 Å². The molecule has 2 heterocycles. The van der Waals surface area contributed by atoms with Gasteiger partial charge in [0.1, 0.15) is 17.7 Å². The van der Waals surface area contributed by atoms with Crippen molar-refractivity contribution in [3.8, 4) is 17.3 Å². The molecule has 1 aromatic heterocycles. The summed E-state index contributed by atoms with van der Waals surface area (Å²) in [5.41, 5.74) is 7.88. The number of rotatable bonds is 7. The lowest BCUT2D eigenvalue weighted by atomic mass is 10.1. The zero-order chi connectivity index (χ0) is 24.4. The van der Waals surface area contributed by atoms with Crippen LogP contribution in [0.5, 0.6) is 5.88 Å². The summed E-state index contributed by atoms with van der Waals surface area (Å²) >= 11 is 7.03. The highest BCUT2D eigenvalue weighted by Crippen LogP contribution is 2.31. The van der Waals surface area contributed by atoms with Gasteiger partial charge in [0.15, 0.2) is 12.0 Å². The molecule has 34 heavy (non-hydrogen) atoms. The van der Waals surface area contributed by atoms with Crippen molar-refractivity contribution in [2.45, 2.75) is 24.1 Å². The molecule has 0 saturated carbocycles. The summed E-state index contributed by atoms with van der Waals surface area (Å²) in [6.45, 7) is 2.22. The molecule has 0 aliphatic carbocycles. The van der Waals surface area contributed by atoms with Gasteiger partial charge in [-0.1, -0.05) is 11.6 Å². The Labute approximate surface area is 205 Å². The molecule has 1 saturated heterocycles. The van der Waals surface area contributed by atoms with Gasteiger partial charge >= 0.3 is 0 Å². The van der Waals surface area contributed by atoms with Crippen molar-refractivity contribution in [3.05, 3.63) is 58.9 Å². The second kappa shape index (κ2) is 10.1. The Hall–Kier alpha value is -2.95. The van der Waals surface area contributed by atoms with Crippen LogP contribution in [0.3, 0.4) is 0 Å². The summed E-state index contributed by atoms with van der Waals surface area (Å²) in [6.07, 6.45) is -1.88. The Morgan fingerprint density at radius 1 is 1.24 bits per heavy atom. The molecule has 1 aliphatic rings. The van der Waals surface area contributed by atoms with Crippen LogP contribution in [0.25, 0.3) is 11.4 Å². The SMILES string of the molecule is CC(=N)c1c(N)nc(-c2ccc(NSc3cc(Cl)ccc3F)cc2)nc1OC1CN(C)CC1F. The van der Waals surface area contributed by atoms with Crippen LogP contribution >= 0.6 is 23.5 Å². The number of likely N-dealkylation sites (N-methyl/N-ethyl adjacent to an activating group) is 1. The van der Waals surface area contributed by atoms with Gasteiger partial charge in [0, 0.05) is 35.1 Å². The molecular formula is C23H23ClF2N6OS. The summed E-state index contributed by atoms with van der Waals surface area (Å²) in [7, 11) is 1.81. The van der Waals surface area contributed by atoms with E-state index in [-0.39, 0.29) is 35.3 Å². The monoisotopic (exact) mass is 504 g/mol. The van der Waals surface area contributed by atoms with Crippen molar-refractivity contribution in [1.82, 2.24) is 14.9 Å². The highest BCUT2D eigenvalue weighted by atomic mass is 35.5. The van der Waals surface area contributed by atoms with Gasteiger partial charge in [0.05, 0.1) is 10.5 Å². The highest BCUT2D eigenvalue weighted by Gasteiger charge is 2.34. The van der Waals surface area contributed by atoms with Crippen molar-refractivity contribution in [3.63, 3.8) is 0 Å². The van der Waals surface area contributed by atoms with Gasteiger partial charge in [0.25, 0.3) is 0 Å². The minimum atomic E-state index is -1.17. The van der Waals surface area contributed by atoms with Crippen LogP contribution in [0.4, 0.5) is 20.3 Å². The molecule has 3 aromatic rings. The molecule has 2 aromatic carbocycles. The average Bonchev–Trinajstić information content (AvgIpc) is 3.10. The van der Waals surface area contributed by atoms with E-state index in [4.69, 9.17) is 27.5 Å². The first kappa shape index (κ1) is 24.2. The number of nitrogen functional groups attached to an aromatic ring is 1. The van der Waals surface area contributed by atoms with Gasteiger partial charge in [0.2, 0.25) is 5.88 Å². The number of hydrogen-bond acceptors (Lipinski definition) is 8. The number of alkyl halides is 1. The van der Waals surface area contributed by atoms with Crippen LogP contribution in [-0.2, 0) is 0 Å². The first-order valence-electron chi connectivity index (χ1n) is 10.4. The standard InChI is InChI=1S/C23H23ClF2N6OS/c1-12(27)20-21(28)29-22(30-23(20)33-18-11-32(2)10-17(18)26)13-3-6-15(7-4-13)31-34-19-9-14(24)5-8-16(19)25/h3-9,17-18,27,31H,10-11H2,1-2H3,(H2,28,29,30). The fraction of sp³-hybridized carbons (Fsp3) is 0.261. The molecular weight excluding hydrogens is 482 g/mol. The van der Waals surface area contributed by atoms with Gasteiger partial charge in [-0.3, -0.25) is 4.90 Å². The number of anilines is 2. The summed E-state index contributed by atoms with van der Waals surface area (Å²) in [5.74, 6) is 0.0930. The highest BCUT2D eigenvalue weighted by molar-refractivity contribution is 8.00. The third-order valence-electron chi connectivity index (χ3n) is 5.24. The van der Waals surface area contributed by atoms with E-state index in [2.05, 4.69) is 14.7 Å². The molecule has 178 valence electrons. The first-order valence-corrected chi connectivity index (χ1v) is 11.6. The summed E-state index contributed by atoms with van der Waals surface area (Å²) in [4.78, 5) is 11.0. The van der Waals surface area contributed by atoms with Crippen molar-refractivity contribution in [2.24, 2.45) is 0 Å². The third kappa shape index (κ3) is 5.40. The fourth-order valence-corrected chi connectivity index (χ4v) is 4.50. The molecule has 0 radical (unpaired) electrons. The van der Waals surface area contributed by atoms with E-state index in [9.17, 15) is 8.78 Å². The number of likely N-dealkylation sites (tertiary alicyclic amines) is 1. The number of hydrogen-bond donors (Lipinski definition) is 3. The Bertz CT molecular complexity index is 1210. The first-order chi connectivity index (χ1) is 16.2. The third-order valence-corrected chi connectivity index (χ3v) is 6.34. The lowest BCUT2D eigenvalue weighted by molar-refractivity contribution is 0.133. The summed E-state index contributed by atoms with van der Waals surface area (Å²) < 4.78 is 37.2. The van der Waals surface area contributed by atoms with Gasteiger partial charge < -0.3 is 20.6 Å². The zero-order valence-corrected chi connectivity index (χ0v) is 20.1. The van der Waals surface area contributed by atoms with Gasteiger partial charge in [-0.15, -0.1) is 0 Å². The molecule has 1 aliphatic heterocycles. The molecule has 0 bridgehead atoms. The van der Waals surface area contributed by atoms with Gasteiger partial charge in [-0.05, 0) is 68.4 Å². The van der Waals surface area contributed by atoms with E-state index in [0.717, 1.165) is 17.6 Å². The molecule has 4 rings (SSSR count). The van der Waals surface area contributed by atoms with Crippen molar-refractivity contribution < 1.29 is 13.5 Å². The average molecular weight is 505 g/mol. The maximum absolute atomic E-state index is 14.3. The predicted octanol–water partition coefficient (Wildman–Crippen LogP) is 5.06. The summed E-state index contributed by atoms with van der Waals surface area (Å²) in [6, 6.07) is 11.4. The molecule has 2 atom stereocenters. The second-order valence-electron chi connectivity index (χ2n) is 7.99. The van der Waals surface area contributed by atoms with E-state index >= 15 is 0 Å². The quantitative estimate of drug-likeness (QED) is 0.305. The fourth-order valence-electron chi connectivity index (χ4n) is 3.55. The van der Waals surface area contributed by atoms with Crippen LogP contribution in [0.2, 0.25) is 5.02 Å². The number of benzene rings is 2. The number of nitrogens with zero attached hydrogens (tertiary/aromatic N) is 3. The number of ether oxygens (including phenoxy) is 1. The van der Waals surface area contributed by atoms with Crippen LogP contribution in [0, 0.1) is 11.2 Å². The van der Waals surface area contributed by atoms with E-state index in [1.165, 1.54) is 18.2 Å². The van der Waals surface area contributed by atoms with Crippen LogP contribution in [0.15, 0.2) is 47.4 Å². The Morgan fingerprint density at radius 3 is 2.62 bits per heavy atom. The van der Waals surface area contributed by atoms with Crippen LogP contribution in [0.1, 0.15) is 12.5 Å². The normalized spacial score (nSPS) is 18.1. The number of halogens is 3. The molecule has 1 fully saturated rings. The minimum Gasteiger partial charge on any atom is -0.469 e. The van der Waals surface area contributed by atoms with Crippen LogP contribution in [-0.4, -0.2) is 53.0 Å². The maximum Gasteiger partial charge on any atom is 0.228 e. The zero-order valence-electron chi connectivity index (χ0n) is 18.5. The molecule has 7 nitrogen and oxygen atoms in total. The molecule has 4 N–H and O–H groups in total. The topological polar surface area (TPSA) is 100 Å². The van der Waals surface area contributed by atoms with E-state index < -0.39 is 12.3 Å². The molecule has 11 heteroatoms. The van der Waals surface area contributed by atoms with E-state index in [1.54, 1.807) is 31.2 Å². The molecule has 0 spiro atoms. The smallest absolute Gasteiger partial charge is 0.228 e. The number of aromatic nitrogens is 2. The lowest BCUT2D eigenvalue weighted by Gasteiger charge is -2.18. The number of nitrogens with one attached hydrogen (secondary N) is 2. The summed E-state index contributed by atoms with van der Waals surface area (Å²) in [5, 5.41) is 8.49. The largest absolute Gasteiger partial charge is 0.469 e. The van der Waals surface area contributed by atoms with Crippen molar-refractivity contribution >= 4 is 40.8 Å². The molecule has 0 amide bonds. The second-order valence-corrected chi connectivity index (χ2v) is 9.27. The van der Waals surface area contributed by atoms with Gasteiger partial charge in [-0.25, -0.2) is 13.8 Å². The number of nitrogens with two attached hydrogens (primary N) is 1. The Kier molecular flexibility index (Phi) is 7.20. The maximum atomic E-state index is 14.3. The predicted molar refractivity (Wildman–Crippen MR) is 132 cm³/mol. The van der Waals surface area contributed by atoms with Crippen LogP contribution < -0.4 is 15.2 Å². The van der Waals surface area contributed by atoms with Gasteiger partial charge in [-0.2, -0.15) is 4.98 Å². The Balaban J connectivity index is 1.55. The Morgan fingerprint density at radius 2 is 1.97 bits per heavy atom. The molecule has 2 unspecified atom stereocenters. The minimum absolute atomic E-state index is 0.0865. The van der Waals surface area contributed by atoms with E-state index in [1.807, 2.05) is 11.9 Å². The lowest BCUT2D eigenvalue weighted by Crippen LogP contribution is -2.28. The van der Waals surface area contributed by atoms with Crippen molar-refractivity contribution in [1.29, 1.82) is 5.41 Å². The van der Waals surface area contributed by atoms with Crippen molar-refractivity contribution in [2.75, 3.05) is 30.6 Å².